The summed E-state index contributed by atoms with van der Waals surface area (Å²) in [5.74, 6) is 0. The van der Waals surface area contributed by atoms with E-state index in [2.05, 4.69) is 5.32 Å². The van der Waals surface area contributed by atoms with Crippen molar-refractivity contribution in [2.45, 2.75) is 45.3 Å². The number of nitrogens with one attached hydrogen (secondary N) is 1. The van der Waals surface area contributed by atoms with E-state index in [-0.39, 0.29) is 12.5 Å². The number of hydrogen-bond acceptors (Lipinski definition) is 3. The van der Waals surface area contributed by atoms with Crippen molar-refractivity contribution in [1.29, 1.82) is 0 Å². The minimum atomic E-state index is -0.552. The Bertz CT molecular complexity index is 414. The Morgan fingerprint density at radius 2 is 2.21 bits per heavy atom. The molecule has 0 aliphatic heterocycles. The average molecular weight is 263 g/mol. The number of allylic oxidation sites excluding steroid dienone is 4. The summed E-state index contributed by atoms with van der Waals surface area (Å²) in [6, 6.07) is -0.355. The van der Waals surface area contributed by atoms with Crippen molar-refractivity contribution in [2.75, 3.05) is 0 Å². The Balaban J connectivity index is 2.72. The second-order valence-electron chi connectivity index (χ2n) is 5.33. The standard InChI is InChI=1S/C15H21NO3/c1-15(2,3)19-14(18)16-13(10-11-17)12-8-6-4-5-7-9-12/h4,6-9,11,13H,5,10H2,1-3H3,(H,16,18). The molecule has 104 valence electrons. The van der Waals surface area contributed by atoms with Crippen molar-refractivity contribution in [1.82, 2.24) is 5.32 Å². The molecule has 0 aromatic rings. The van der Waals surface area contributed by atoms with Gasteiger partial charge < -0.3 is 14.8 Å². The van der Waals surface area contributed by atoms with Crippen molar-refractivity contribution < 1.29 is 14.3 Å². The second kappa shape index (κ2) is 6.92. The molecule has 1 aliphatic rings. The van der Waals surface area contributed by atoms with Gasteiger partial charge in [-0.25, -0.2) is 4.79 Å². The van der Waals surface area contributed by atoms with Crippen LogP contribution in [0.4, 0.5) is 4.79 Å². The van der Waals surface area contributed by atoms with Gasteiger partial charge in [-0.1, -0.05) is 30.4 Å². The fraction of sp³-hybridized carbons (Fsp3) is 0.467. The lowest BCUT2D eigenvalue weighted by Gasteiger charge is -2.23. The molecule has 0 saturated carbocycles. The van der Waals surface area contributed by atoms with Crippen LogP contribution in [0, 0.1) is 0 Å². The summed E-state index contributed by atoms with van der Waals surface area (Å²) >= 11 is 0. The maximum absolute atomic E-state index is 11.8. The molecule has 4 nitrogen and oxygen atoms in total. The summed E-state index contributed by atoms with van der Waals surface area (Å²) in [6.45, 7) is 5.40. The van der Waals surface area contributed by atoms with Gasteiger partial charge in [-0.3, -0.25) is 0 Å². The summed E-state index contributed by atoms with van der Waals surface area (Å²) in [5.41, 5.74) is 0.343. The van der Waals surface area contributed by atoms with E-state index in [1.54, 1.807) is 20.8 Å². The Morgan fingerprint density at radius 1 is 1.47 bits per heavy atom. The molecular formula is C15H21NO3. The van der Waals surface area contributed by atoms with E-state index in [0.717, 1.165) is 18.3 Å². The van der Waals surface area contributed by atoms with Crippen molar-refractivity contribution in [2.24, 2.45) is 0 Å². The molecule has 1 aliphatic carbocycles. The van der Waals surface area contributed by atoms with E-state index < -0.39 is 11.7 Å². The first-order valence-corrected chi connectivity index (χ1v) is 6.39. The van der Waals surface area contributed by atoms with Gasteiger partial charge >= 0.3 is 6.09 Å². The first-order chi connectivity index (χ1) is 8.92. The normalized spacial score (nSPS) is 16.3. The van der Waals surface area contributed by atoms with Gasteiger partial charge in [0.2, 0.25) is 0 Å². The largest absolute Gasteiger partial charge is 0.444 e. The van der Waals surface area contributed by atoms with Gasteiger partial charge in [-0.15, -0.1) is 0 Å². The van der Waals surface area contributed by atoms with Gasteiger partial charge in [0.1, 0.15) is 11.9 Å². The number of hydrogen-bond donors (Lipinski definition) is 1. The molecule has 1 amide bonds. The molecule has 0 fully saturated rings. The highest BCUT2D eigenvalue weighted by Gasteiger charge is 2.20. The minimum absolute atomic E-state index is 0.225. The highest BCUT2D eigenvalue weighted by Crippen LogP contribution is 2.13. The Kier molecular flexibility index (Phi) is 5.55. The smallest absolute Gasteiger partial charge is 0.408 e. The van der Waals surface area contributed by atoms with Crippen LogP contribution in [-0.2, 0) is 9.53 Å². The van der Waals surface area contributed by atoms with Crippen LogP contribution >= 0.6 is 0 Å². The zero-order valence-electron chi connectivity index (χ0n) is 11.7. The Labute approximate surface area is 114 Å². The number of aldehydes is 1. The van der Waals surface area contributed by atoms with Gasteiger partial charge in [0.25, 0.3) is 0 Å². The minimum Gasteiger partial charge on any atom is -0.444 e. The summed E-state index contributed by atoms with van der Waals surface area (Å²) in [5, 5.41) is 2.73. The van der Waals surface area contributed by atoms with Gasteiger partial charge in [0.15, 0.2) is 0 Å². The van der Waals surface area contributed by atoms with Gasteiger partial charge in [0.05, 0.1) is 6.04 Å². The first kappa shape index (κ1) is 15.2. The molecule has 0 radical (unpaired) electrons. The molecule has 0 heterocycles. The molecule has 0 aromatic carbocycles. The van der Waals surface area contributed by atoms with E-state index in [4.69, 9.17) is 4.74 Å². The van der Waals surface area contributed by atoms with Crippen LogP contribution in [0.5, 0.6) is 0 Å². The van der Waals surface area contributed by atoms with E-state index in [0.29, 0.717) is 0 Å². The zero-order valence-corrected chi connectivity index (χ0v) is 11.7. The van der Waals surface area contributed by atoms with Crippen LogP contribution in [-0.4, -0.2) is 24.0 Å². The van der Waals surface area contributed by atoms with Gasteiger partial charge in [0, 0.05) is 6.42 Å². The molecule has 1 unspecified atom stereocenters. The third kappa shape index (κ3) is 6.04. The Hall–Kier alpha value is -1.84. The monoisotopic (exact) mass is 263 g/mol. The fourth-order valence-corrected chi connectivity index (χ4v) is 1.65. The summed E-state index contributed by atoms with van der Waals surface area (Å²) in [7, 11) is 0. The number of rotatable bonds is 4. The van der Waals surface area contributed by atoms with Crippen LogP contribution in [0.1, 0.15) is 33.6 Å². The fourth-order valence-electron chi connectivity index (χ4n) is 1.65. The van der Waals surface area contributed by atoms with Crippen molar-refractivity contribution >= 4 is 12.4 Å². The molecule has 0 aromatic heterocycles. The molecule has 4 heteroatoms. The topological polar surface area (TPSA) is 55.4 Å². The lowest BCUT2D eigenvalue weighted by atomic mass is 10.0. The van der Waals surface area contributed by atoms with Crippen LogP contribution in [0.25, 0.3) is 0 Å². The summed E-state index contributed by atoms with van der Waals surface area (Å²) < 4.78 is 5.20. The molecular weight excluding hydrogens is 242 g/mol. The van der Waals surface area contributed by atoms with Crippen LogP contribution in [0.3, 0.4) is 0 Å². The van der Waals surface area contributed by atoms with E-state index in [1.807, 2.05) is 30.4 Å². The Morgan fingerprint density at radius 3 is 2.84 bits per heavy atom. The number of amides is 1. The second-order valence-corrected chi connectivity index (χ2v) is 5.33. The lowest BCUT2D eigenvalue weighted by Crippen LogP contribution is -2.40. The van der Waals surface area contributed by atoms with Crippen molar-refractivity contribution in [3.63, 3.8) is 0 Å². The molecule has 1 atom stereocenters. The predicted molar refractivity (Wildman–Crippen MR) is 74.8 cm³/mol. The number of ether oxygens (including phenoxy) is 1. The summed E-state index contributed by atoms with van der Waals surface area (Å²) in [4.78, 5) is 22.5. The number of carbonyl (C=O) groups excluding carboxylic acids is 2. The molecule has 19 heavy (non-hydrogen) atoms. The third-order valence-corrected chi connectivity index (χ3v) is 2.43. The van der Waals surface area contributed by atoms with Crippen LogP contribution in [0.15, 0.2) is 36.0 Å². The maximum Gasteiger partial charge on any atom is 0.408 e. The van der Waals surface area contributed by atoms with Gasteiger partial charge in [-0.2, -0.15) is 0 Å². The molecule has 0 spiro atoms. The van der Waals surface area contributed by atoms with Crippen molar-refractivity contribution in [3.8, 4) is 0 Å². The highest BCUT2D eigenvalue weighted by molar-refractivity contribution is 5.70. The quantitative estimate of drug-likeness (QED) is 0.793. The predicted octanol–water partition coefficient (Wildman–Crippen LogP) is 2.91. The SMILES string of the molecule is CC(C)(C)OC(=O)NC(CC=O)C1=CC=CCC=C1. The highest BCUT2D eigenvalue weighted by atomic mass is 16.6. The first-order valence-electron chi connectivity index (χ1n) is 6.39. The average Bonchev–Trinajstić information content (AvgIpc) is 2.54. The molecule has 0 saturated heterocycles. The maximum atomic E-state index is 11.8. The van der Waals surface area contributed by atoms with Gasteiger partial charge in [-0.05, 0) is 32.8 Å². The molecule has 1 rings (SSSR count). The molecule has 1 N–H and O–H groups in total. The zero-order chi connectivity index (χ0) is 14.3. The van der Waals surface area contributed by atoms with Crippen LogP contribution in [0.2, 0.25) is 0 Å². The third-order valence-electron chi connectivity index (χ3n) is 2.43. The van der Waals surface area contributed by atoms with Crippen molar-refractivity contribution in [3.05, 3.63) is 36.0 Å². The van der Waals surface area contributed by atoms with E-state index >= 15 is 0 Å². The van der Waals surface area contributed by atoms with E-state index in [1.165, 1.54) is 0 Å². The lowest BCUT2D eigenvalue weighted by molar-refractivity contribution is -0.108. The van der Waals surface area contributed by atoms with E-state index in [9.17, 15) is 9.59 Å². The number of carbonyl (C=O) groups is 2. The van der Waals surface area contributed by atoms with Crippen LogP contribution < -0.4 is 5.32 Å². The number of alkyl carbamates (subject to hydrolysis) is 1. The molecule has 0 bridgehead atoms. The summed E-state index contributed by atoms with van der Waals surface area (Å²) in [6.07, 6.45) is 11.1.